The molecule has 0 aliphatic heterocycles. The lowest BCUT2D eigenvalue weighted by Gasteiger charge is -2.00. The number of aromatic amines is 2. The molecule has 0 bridgehead atoms. The van der Waals surface area contributed by atoms with Gasteiger partial charge in [-0.1, -0.05) is 0 Å². The van der Waals surface area contributed by atoms with E-state index < -0.39 is 11.5 Å². The zero-order valence-electron chi connectivity index (χ0n) is 7.82. The van der Waals surface area contributed by atoms with Gasteiger partial charge < -0.3 is 0 Å². The van der Waals surface area contributed by atoms with Crippen LogP contribution in [0.2, 0.25) is 0 Å². The van der Waals surface area contributed by atoms with E-state index in [0.717, 1.165) is 10.6 Å². The monoisotopic (exact) mass is 236 g/mol. The van der Waals surface area contributed by atoms with Gasteiger partial charge in [-0.25, -0.2) is 18.9 Å². The van der Waals surface area contributed by atoms with Crippen LogP contribution in [0.15, 0.2) is 23.0 Å². The largest absolute Gasteiger partial charge is 0.347 e. The molecule has 1 aromatic heterocycles. The number of H-pyrrole nitrogens is 2. The maximum Gasteiger partial charge on any atom is 0.347 e. The molecule has 1 aromatic carbocycles. The third-order valence-corrected chi connectivity index (χ3v) is 2.30. The summed E-state index contributed by atoms with van der Waals surface area (Å²) in [5.74, 6) is -0.635. The molecule has 16 heavy (non-hydrogen) atoms. The van der Waals surface area contributed by atoms with Gasteiger partial charge in [0.25, 0.3) is 0 Å². The summed E-state index contributed by atoms with van der Waals surface area (Å²) in [6, 6.07) is 5.43. The van der Waals surface area contributed by atoms with Gasteiger partial charge >= 0.3 is 5.69 Å². The molecule has 0 aliphatic rings. The van der Waals surface area contributed by atoms with E-state index in [-0.39, 0.29) is 10.3 Å². The van der Waals surface area contributed by atoms with E-state index >= 15 is 0 Å². The third-order valence-electron chi connectivity index (χ3n) is 2.01. The first-order chi connectivity index (χ1) is 7.63. The van der Waals surface area contributed by atoms with Crippen molar-refractivity contribution in [3.05, 3.63) is 44.8 Å². The standard InChI is InChI=1S/C9H5FN4OS/c10-7-2-1-6(3-5(7)4-11)14-8(15)12-13-9(14)16/h1-3H,(H,12,15)(H,13,16). The highest BCUT2D eigenvalue weighted by Gasteiger charge is 2.07. The lowest BCUT2D eigenvalue weighted by molar-refractivity contribution is 0.623. The minimum Gasteiger partial charge on any atom is -0.272 e. The van der Waals surface area contributed by atoms with Gasteiger partial charge in [0.05, 0.1) is 11.3 Å². The van der Waals surface area contributed by atoms with Crippen LogP contribution in [0.1, 0.15) is 5.56 Å². The SMILES string of the molecule is N#Cc1cc(-n2c(=O)[nH][nH]c2=S)ccc1F. The summed E-state index contributed by atoms with van der Waals surface area (Å²) in [5.41, 5.74) is -0.272. The number of halogens is 1. The van der Waals surface area contributed by atoms with Crippen LogP contribution in [0.25, 0.3) is 5.69 Å². The van der Waals surface area contributed by atoms with Gasteiger partial charge in [0.2, 0.25) is 4.77 Å². The number of hydrogen-bond donors (Lipinski definition) is 2. The number of nitrogens with zero attached hydrogens (tertiary/aromatic N) is 2. The zero-order valence-corrected chi connectivity index (χ0v) is 8.64. The van der Waals surface area contributed by atoms with Crippen molar-refractivity contribution in [1.82, 2.24) is 14.8 Å². The molecule has 2 N–H and O–H groups in total. The van der Waals surface area contributed by atoms with Crippen LogP contribution in [0.3, 0.4) is 0 Å². The Morgan fingerprint density at radius 1 is 1.44 bits per heavy atom. The lowest BCUT2D eigenvalue weighted by atomic mass is 10.2. The number of benzene rings is 1. The van der Waals surface area contributed by atoms with E-state index in [4.69, 9.17) is 17.5 Å². The van der Waals surface area contributed by atoms with Crippen molar-refractivity contribution in [3.63, 3.8) is 0 Å². The highest BCUT2D eigenvalue weighted by atomic mass is 32.1. The van der Waals surface area contributed by atoms with Gasteiger partial charge in [-0.15, -0.1) is 0 Å². The van der Waals surface area contributed by atoms with Crippen molar-refractivity contribution in [2.45, 2.75) is 0 Å². The second kappa shape index (κ2) is 3.75. The maximum atomic E-state index is 13.1. The van der Waals surface area contributed by atoms with Crippen molar-refractivity contribution < 1.29 is 4.39 Å². The number of nitriles is 1. The summed E-state index contributed by atoms with van der Waals surface area (Å²) in [7, 11) is 0. The highest BCUT2D eigenvalue weighted by Crippen LogP contribution is 2.12. The molecule has 0 spiro atoms. The van der Waals surface area contributed by atoms with E-state index in [9.17, 15) is 9.18 Å². The van der Waals surface area contributed by atoms with Crippen LogP contribution < -0.4 is 5.69 Å². The van der Waals surface area contributed by atoms with Gasteiger partial charge in [0, 0.05) is 0 Å². The highest BCUT2D eigenvalue weighted by molar-refractivity contribution is 7.71. The molecule has 0 fully saturated rings. The Hall–Kier alpha value is -2.20. The molecule has 2 aromatic rings. The molecule has 0 amide bonds. The summed E-state index contributed by atoms with van der Waals surface area (Å²) in [4.78, 5) is 11.4. The van der Waals surface area contributed by atoms with Crippen molar-refractivity contribution in [2.24, 2.45) is 0 Å². The van der Waals surface area contributed by atoms with Crippen LogP contribution in [0, 0.1) is 21.9 Å². The van der Waals surface area contributed by atoms with E-state index in [1.54, 1.807) is 6.07 Å². The quantitative estimate of drug-likeness (QED) is 0.731. The Labute approximate surface area is 93.8 Å². The van der Waals surface area contributed by atoms with E-state index in [1.807, 2.05) is 0 Å². The fraction of sp³-hybridized carbons (Fsp3) is 0. The Morgan fingerprint density at radius 2 is 2.19 bits per heavy atom. The van der Waals surface area contributed by atoms with Gasteiger partial charge in [-0.05, 0) is 30.4 Å². The topological polar surface area (TPSA) is 77.4 Å². The summed E-state index contributed by atoms with van der Waals surface area (Å²) >= 11 is 4.87. The molecule has 2 rings (SSSR count). The molecule has 5 nitrogen and oxygen atoms in total. The molecule has 0 saturated heterocycles. The third kappa shape index (κ3) is 1.55. The average Bonchev–Trinajstić information content (AvgIpc) is 2.60. The number of rotatable bonds is 1. The molecule has 1 heterocycles. The first-order valence-corrected chi connectivity index (χ1v) is 4.64. The van der Waals surface area contributed by atoms with Crippen LogP contribution >= 0.6 is 12.2 Å². The zero-order chi connectivity index (χ0) is 11.7. The fourth-order valence-electron chi connectivity index (χ4n) is 1.28. The Kier molecular flexibility index (Phi) is 2.42. The summed E-state index contributed by atoms with van der Waals surface area (Å²) in [6.45, 7) is 0. The van der Waals surface area contributed by atoms with Crippen molar-refractivity contribution in [1.29, 1.82) is 5.26 Å². The van der Waals surface area contributed by atoms with Crippen LogP contribution in [0.5, 0.6) is 0 Å². The Balaban J connectivity index is 2.72. The van der Waals surface area contributed by atoms with Gasteiger partial charge in [0.1, 0.15) is 11.9 Å². The summed E-state index contributed by atoms with van der Waals surface area (Å²) in [5, 5.41) is 13.4. The van der Waals surface area contributed by atoms with E-state index in [1.165, 1.54) is 12.1 Å². The molecule has 80 valence electrons. The van der Waals surface area contributed by atoms with Gasteiger partial charge in [-0.2, -0.15) is 5.26 Å². The van der Waals surface area contributed by atoms with Gasteiger partial charge in [-0.3, -0.25) is 5.10 Å². The van der Waals surface area contributed by atoms with E-state index in [2.05, 4.69) is 10.2 Å². The molecule has 0 atom stereocenters. The second-order valence-electron chi connectivity index (χ2n) is 2.97. The Bertz CT molecular complexity index is 663. The molecule has 0 unspecified atom stereocenters. The molecule has 0 radical (unpaired) electrons. The molecule has 0 saturated carbocycles. The minimum atomic E-state index is -0.635. The lowest BCUT2D eigenvalue weighted by Crippen LogP contribution is -2.15. The fourth-order valence-corrected chi connectivity index (χ4v) is 1.52. The van der Waals surface area contributed by atoms with Crippen molar-refractivity contribution >= 4 is 12.2 Å². The molecular weight excluding hydrogens is 231 g/mol. The number of aromatic nitrogens is 3. The predicted molar refractivity (Wildman–Crippen MR) is 56.2 cm³/mol. The average molecular weight is 236 g/mol. The smallest absolute Gasteiger partial charge is 0.272 e. The predicted octanol–water partition coefficient (Wildman–Crippen LogP) is 1.23. The van der Waals surface area contributed by atoms with Crippen LogP contribution in [0.4, 0.5) is 4.39 Å². The summed E-state index contributed by atoms with van der Waals surface area (Å²) in [6.07, 6.45) is 0. The van der Waals surface area contributed by atoms with Crippen LogP contribution in [-0.4, -0.2) is 14.8 Å². The molecule has 0 aliphatic carbocycles. The molecule has 7 heteroatoms. The molecular formula is C9H5FN4OS. The maximum absolute atomic E-state index is 13.1. The second-order valence-corrected chi connectivity index (χ2v) is 3.36. The van der Waals surface area contributed by atoms with Crippen molar-refractivity contribution in [2.75, 3.05) is 0 Å². The van der Waals surface area contributed by atoms with Gasteiger partial charge in [0.15, 0.2) is 0 Å². The van der Waals surface area contributed by atoms with Crippen molar-refractivity contribution in [3.8, 4) is 11.8 Å². The first-order valence-electron chi connectivity index (χ1n) is 4.23. The normalized spacial score (nSPS) is 10.0. The summed E-state index contributed by atoms with van der Waals surface area (Å²) < 4.78 is 14.3. The minimum absolute atomic E-state index is 0.139. The van der Waals surface area contributed by atoms with E-state index in [0.29, 0.717) is 5.69 Å². The first kappa shape index (κ1) is 10.3. The van der Waals surface area contributed by atoms with Crippen LogP contribution in [-0.2, 0) is 0 Å². The Morgan fingerprint density at radius 3 is 2.75 bits per heavy atom. The number of nitrogens with one attached hydrogen (secondary N) is 2. The number of hydrogen-bond acceptors (Lipinski definition) is 3.